The van der Waals surface area contributed by atoms with Crippen LogP contribution in [0.5, 0.6) is 0 Å². The molecule has 2 aliphatic heterocycles. The minimum Gasteiger partial charge on any atom is -0.383 e. The maximum absolute atomic E-state index is 12.8. The monoisotopic (exact) mass is 392 g/mol. The van der Waals surface area contributed by atoms with Crippen LogP contribution in [0.4, 0.5) is 11.4 Å². The van der Waals surface area contributed by atoms with Crippen molar-refractivity contribution in [3.05, 3.63) is 33.9 Å². The fourth-order valence-corrected chi connectivity index (χ4v) is 3.65. The molecule has 1 amide bonds. The van der Waals surface area contributed by atoms with E-state index in [2.05, 4.69) is 10.2 Å². The predicted molar refractivity (Wildman–Crippen MR) is 105 cm³/mol. The van der Waals surface area contributed by atoms with Gasteiger partial charge in [0.15, 0.2) is 0 Å². The number of anilines is 1. The van der Waals surface area contributed by atoms with E-state index >= 15 is 0 Å². The first kappa shape index (κ1) is 20.5. The van der Waals surface area contributed by atoms with Gasteiger partial charge >= 0.3 is 0 Å². The van der Waals surface area contributed by atoms with Gasteiger partial charge in [0, 0.05) is 64.6 Å². The van der Waals surface area contributed by atoms with Gasteiger partial charge in [0.2, 0.25) is 0 Å². The maximum Gasteiger partial charge on any atom is 0.293 e. The second kappa shape index (κ2) is 9.81. The first-order valence-electron chi connectivity index (χ1n) is 9.73. The van der Waals surface area contributed by atoms with Crippen molar-refractivity contribution in [2.45, 2.75) is 18.9 Å². The van der Waals surface area contributed by atoms with Crippen molar-refractivity contribution < 1.29 is 19.2 Å². The van der Waals surface area contributed by atoms with Crippen LogP contribution in [0.1, 0.15) is 23.2 Å². The predicted octanol–water partition coefficient (Wildman–Crippen LogP) is 1.59. The molecule has 0 spiro atoms. The molecule has 0 saturated carbocycles. The van der Waals surface area contributed by atoms with Crippen LogP contribution >= 0.6 is 0 Å². The molecule has 2 saturated heterocycles. The summed E-state index contributed by atoms with van der Waals surface area (Å²) in [6, 6.07) is 4.59. The Kier molecular flexibility index (Phi) is 7.18. The number of rotatable bonds is 8. The zero-order valence-corrected chi connectivity index (χ0v) is 16.3. The van der Waals surface area contributed by atoms with Crippen molar-refractivity contribution in [2.75, 3.05) is 64.9 Å². The number of piperazine rings is 1. The summed E-state index contributed by atoms with van der Waals surface area (Å²) < 4.78 is 10.6. The molecule has 0 aliphatic carbocycles. The lowest BCUT2D eigenvalue weighted by atomic mass is 10.1. The Bertz CT molecular complexity index is 685. The Morgan fingerprint density at radius 3 is 2.79 bits per heavy atom. The molecule has 0 aromatic heterocycles. The van der Waals surface area contributed by atoms with Crippen LogP contribution in [0, 0.1) is 10.1 Å². The van der Waals surface area contributed by atoms with Gasteiger partial charge in [-0.05, 0) is 25.0 Å². The number of amides is 1. The molecule has 9 nitrogen and oxygen atoms in total. The lowest BCUT2D eigenvalue weighted by molar-refractivity contribution is -0.384. The van der Waals surface area contributed by atoms with E-state index in [9.17, 15) is 14.9 Å². The number of nitro benzene ring substituents is 1. The zero-order valence-electron chi connectivity index (χ0n) is 16.3. The molecule has 2 heterocycles. The fourth-order valence-electron chi connectivity index (χ4n) is 3.65. The summed E-state index contributed by atoms with van der Waals surface area (Å²) in [5.74, 6) is -0.164. The highest BCUT2D eigenvalue weighted by atomic mass is 16.6. The third-order valence-corrected chi connectivity index (χ3v) is 5.21. The SMILES string of the molecule is COCCNc1ccc(C(=O)N2CCN(CC3CCCO3)CC2)cc1[N+](=O)[O-]. The molecule has 3 rings (SSSR count). The molecular formula is C19H28N4O5. The fraction of sp³-hybridized carbons (Fsp3) is 0.632. The Morgan fingerprint density at radius 1 is 1.36 bits per heavy atom. The van der Waals surface area contributed by atoms with E-state index in [-0.39, 0.29) is 11.6 Å². The lowest BCUT2D eigenvalue weighted by Crippen LogP contribution is -2.50. The molecule has 1 aromatic carbocycles. The van der Waals surface area contributed by atoms with Crippen molar-refractivity contribution >= 4 is 17.3 Å². The molecule has 28 heavy (non-hydrogen) atoms. The van der Waals surface area contributed by atoms with Crippen molar-refractivity contribution in [3.8, 4) is 0 Å². The van der Waals surface area contributed by atoms with E-state index in [4.69, 9.17) is 9.47 Å². The van der Waals surface area contributed by atoms with Crippen molar-refractivity contribution in [3.63, 3.8) is 0 Å². The number of methoxy groups -OCH3 is 1. The second-order valence-electron chi connectivity index (χ2n) is 7.14. The quantitative estimate of drug-likeness (QED) is 0.408. The first-order chi connectivity index (χ1) is 13.6. The summed E-state index contributed by atoms with van der Waals surface area (Å²) in [6.45, 7) is 5.48. The van der Waals surface area contributed by atoms with Crippen molar-refractivity contribution in [1.29, 1.82) is 0 Å². The van der Waals surface area contributed by atoms with Crippen LogP contribution in [0.3, 0.4) is 0 Å². The van der Waals surface area contributed by atoms with Gasteiger partial charge in [0.1, 0.15) is 5.69 Å². The number of carbonyl (C=O) groups is 1. The Hall–Kier alpha value is -2.23. The van der Waals surface area contributed by atoms with Gasteiger partial charge in [0.25, 0.3) is 11.6 Å². The van der Waals surface area contributed by atoms with Crippen LogP contribution in [-0.2, 0) is 9.47 Å². The average molecular weight is 392 g/mol. The summed E-state index contributed by atoms with van der Waals surface area (Å²) in [5, 5.41) is 14.4. The summed E-state index contributed by atoms with van der Waals surface area (Å²) in [5.41, 5.74) is 0.635. The zero-order chi connectivity index (χ0) is 19.9. The number of carbonyl (C=O) groups excluding carboxylic acids is 1. The summed E-state index contributed by atoms with van der Waals surface area (Å²) in [6.07, 6.45) is 2.54. The highest BCUT2D eigenvalue weighted by molar-refractivity contribution is 5.95. The number of ether oxygens (including phenoxy) is 2. The normalized spacial score (nSPS) is 20.3. The minimum absolute atomic E-state index is 0.0982. The van der Waals surface area contributed by atoms with Crippen LogP contribution in [0.2, 0.25) is 0 Å². The van der Waals surface area contributed by atoms with E-state index in [0.717, 1.165) is 39.1 Å². The minimum atomic E-state index is -0.467. The number of nitro groups is 1. The molecule has 1 aromatic rings. The van der Waals surface area contributed by atoms with Gasteiger partial charge < -0.3 is 19.7 Å². The molecule has 0 radical (unpaired) electrons. The second-order valence-corrected chi connectivity index (χ2v) is 7.14. The van der Waals surface area contributed by atoms with E-state index in [0.29, 0.717) is 43.6 Å². The number of benzene rings is 1. The third kappa shape index (κ3) is 5.18. The summed E-state index contributed by atoms with van der Waals surface area (Å²) in [7, 11) is 1.57. The van der Waals surface area contributed by atoms with Crippen LogP contribution in [0.25, 0.3) is 0 Å². The van der Waals surface area contributed by atoms with Crippen LogP contribution in [-0.4, -0.2) is 86.3 Å². The lowest BCUT2D eigenvalue weighted by Gasteiger charge is -2.35. The van der Waals surface area contributed by atoms with Crippen LogP contribution < -0.4 is 5.32 Å². The molecule has 0 bridgehead atoms. The van der Waals surface area contributed by atoms with Gasteiger partial charge in [-0.3, -0.25) is 19.8 Å². The third-order valence-electron chi connectivity index (χ3n) is 5.21. The van der Waals surface area contributed by atoms with E-state index in [1.165, 1.54) is 6.07 Å². The number of hydrogen-bond acceptors (Lipinski definition) is 7. The highest BCUT2D eigenvalue weighted by Gasteiger charge is 2.26. The van der Waals surface area contributed by atoms with Crippen LogP contribution in [0.15, 0.2) is 18.2 Å². The first-order valence-corrected chi connectivity index (χ1v) is 9.73. The van der Waals surface area contributed by atoms with E-state index < -0.39 is 4.92 Å². The van der Waals surface area contributed by atoms with Gasteiger partial charge in [-0.1, -0.05) is 0 Å². The van der Waals surface area contributed by atoms with Gasteiger partial charge in [0.05, 0.1) is 17.6 Å². The molecule has 2 fully saturated rings. The number of hydrogen-bond donors (Lipinski definition) is 1. The smallest absolute Gasteiger partial charge is 0.293 e. The van der Waals surface area contributed by atoms with E-state index in [1.54, 1.807) is 24.1 Å². The molecule has 2 aliphatic rings. The maximum atomic E-state index is 12.8. The number of nitrogens with zero attached hydrogens (tertiary/aromatic N) is 3. The summed E-state index contributed by atoms with van der Waals surface area (Å²) in [4.78, 5) is 27.8. The number of nitrogens with one attached hydrogen (secondary N) is 1. The largest absolute Gasteiger partial charge is 0.383 e. The van der Waals surface area contributed by atoms with Crippen molar-refractivity contribution in [2.24, 2.45) is 0 Å². The molecule has 1 N–H and O–H groups in total. The standard InChI is InChI=1S/C19H28N4O5/c1-27-12-6-20-17-5-4-15(13-18(17)23(25)26)19(24)22-9-7-21(8-10-22)14-16-3-2-11-28-16/h4-5,13,16,20H,2-3,6-12,14H2,1H3. The van der Waals surface area contributed by atoms with Gasteiger partial charge in [-0.25, -0.2) is 0 Å². The topological polar surface area (TPSA) is 97.2 Å². The highest BCUT2D eigenvalue weighted by Crippen LogP contribution is 2.26. The van der Waals surface area contributed by atoms with E-state index in [1.807, 2.05) is 0 Å². The van der Waals surface area contributed by atoms with Gasteiger partial charge in [-0.2, -0.15) is 0 Å². The van der Waals surface area contributed by atoms with Gasteiger partial charge in [-0.15, -0.1) is 0 Å². The molecule has 154 valence electrons. The Labute approximate surface area is 164 Å². The average Bonchev–Trinajstić information content (AvgIpc) is 3.21. The molecule has 9 heteroatoms. The molecular weight excluding hydrogens is 364 g/mol. The Morgan fingerprint density at radius 2 is 2.14 bits per heavy atom. The van der Waals surface area contributed by atoms with Crippen molar-refractivity contribution in [1.82, 2.24) is 9.80 Å². The molecule has 1 unspecified atom stereocenters. The summed E-state index contributed by atoms with van der Waals surface area (Å²) >= 11 is 0. The Balaban J connectivity index is 1.59. The molecule has 1 atom stereocenters.